The van der Waals surface area contributed by atoms with Crippen molar-refractivity contribution in [3.8, 4) is 0 Å². The van der Waals surface area contributed by atoms with E-state index in [2.05, 4.69) is 21.6 Å². The minimum Gasteiger partial charge on any atom is -0.438 e. The lowest BCUT2D eigenvalue weighted by molar-refractivity contribution is 0.540. The summed E-state index contributed by atoms with van der Waals surface area (Å²) in [5.74, 6) is 0. The highest BCUT2D eigenvalue weighted by Crippen LogP contribution is 1.80. The Morgan fingerprint density at radius 1 is 1.71 bits per heavy atom. The van der Waals surface area contributed by atoms with Crippen LogP contribution in [-0.2, 0) is 0 Å². The summed E-state index contributed by atoms with van der Waals surface area (Å²) < 4.78 is 4.59. The van der Waals surface area contributed by atoms with Crippen molar-refractivity contribution >= 4 is 12.2 Å². The van der Waals surface area contributed by atoms with E-state index in [1.54, 1.807) is 6.20 Å². The van der Waals surface area contributed by atoms with E-state index in [0.717, 1.165) is 0 Å². The van der Waals surface area contributed by atoms with Crippen LogP contribution >= 0.6 is 12.2 Å². The summed E-state index contributed by atoms with van der Waals surface area (Å²) in [6.45, 7) is 0. The zero-order valence-corrected chi connectivity index (χ0v) is 4.49. The van der Waals surface area contributed by atoms with Gasteiger partial charge in [0.15, 0.2) is 0 Å². The van der Waals surface area contributed by atoms with E-state index in [1.807, 2.05) is 0 Å². The van der Waals surface area contributed by atoms with E-state index < -0.39 is 0 Å². The molecule has 0 bridgehead atoms. The van der Waals surface area contributed by atoms with Gasteiger partial charge in [0.25, 0.3) is 4.84 Å². The summed E-state index contributed by atoms with van der Waals surface area (Å²) in [6.07, 6.45) is 3.14. The van der Waals surface area contributed by atoms with Gasteiger partial charge in [0.1, 0.15) is 6.26 Å². The molecule has 7 heavy (non-hydrogen) atoms. The number of hydrogen-bond donors (Lipinski definition) is 2. The smallest absolute Gasteiger partial charge is 0.265 e. The average molecular weight is 118 g/mol. The second-order valence-corrected chi connectivity index (χ2v) is 1.22. The van der Waals surface area contributed by atoms with Crippen LogP contribution in [0.4, 0.5) is 0 Å². The quantitative estimate of drug-likeness (QED) is 0.507. The summed E-state index contributed by atoms with van der Waals surface area (Å²) >= 11 is 4.52. The highest BCUT2D eigenvalue weighted by Gasteiger charge is 1.68. The van der Waals surface area contributed by atoms with Gasteiger partial charge in [-0.2, -0.15) is 0 Å². The molecule has 0 spiro atoms. The van der Waals surface area contributed by atoms with Crippen molar-refractivity contribution in [1.82, 2.24) is 11.1 Å². The Bertz CT molecular complexity index is 151. The van der Waals surface area contributed by atoms with Crippen molar-refractivity contribution in [2.75, 3.05) is 0 Å². The van der Waals surface area contributed by atoms with Crippen LogP contribution in [0.25, 0.3) is 0 Å². The molecule has 1 rings (SSSR count). The fraction of sp³-hybridized carbons (Fsp3) is 0. The Balaban J connectivity index is 0.000000360. The Hall–Kier alpha value is -0.610. The van der Waals surface area contributed by atoms with Gasteiger partial charge in [0, 0.05) is 6.20 Å². The number of hydrogen-bond acceptors (Lipinski definition) is 3. The molecule has 40 valence electrons. The molecule has 1 aromatic rings. The highest BCUT2D eigenvalue weighted by molar-refractivity contribution is 7.71. The van der Waals surface area contributed by atoms with Crippen molar-refractivity contribution in [1.29, 1.82) is 0 Å². The molecule has 4 heteroatoms. The standard InChI is InChI=1S/C3H3NOS.H3N/c6-3-4-1-2-5-3;/h1-2H,(H,4,6);1H3. The molecule has 0 aliphatic rings. The first-order valence-electron chi connectivity index (χ1n) is 1.52. The van der Waals surface area contributed by atoms with Gasteiger partial charge in [-0.1, -0.05) is 0 Å². The van der Waals surface area contributed by atoms with Crippen LogP contribution in [0, 0.1) is 4.84 Å². The third kappa shape index (κ3) is 1.52. The summed E-state index contributed by atoms with van der Waals surface area (Å²) in [5, 5.41) is 0. The van der Waals surface area contributed by atoms with Gasteiger partial charge >= 0.3 is 0 Å². The Morgan fingerprint density at radius 3 is 2.57 bits per heavy atom. The Labute approximate surface area is 45.9 Å². The maximum atomic E-state index is 4.59. The fourth-order valence-electron chi connectivity index (χ4n) is 0.232. The molecule has 0 saturated heterocycles. The fourth-order valence-corrected chi connectivity index (χ4v) is 0.355. The minimum atomic E-state index is 0. The topological polar surface area (TPSA) is 63.9 Å². The maximum absolute atomic E-state index is 4.59. The van der Waals surface area contributed by atoms with Gasteiger partial charge in [0.2, 0.25) is 0 Å². The van der Waals surface area contributed by atoms with Crippen LogP contribution in [0.2, 0.25) is 0 Å². The van der Waals surface area contributed by atoms with Crippen LogP contribution in [0.15, 0.2) is 16.9 Å². The molecule has 3 nitrogen and oxygen atoms in total. The molecule has 0 aliphatic heterocycles. The molecule has 0 unspecified atom stereocenters. The highest BCUT2D eigenvalue weighted by atomic mass is 32.1. The largest absolute Gasteiger partial charge is 0.438 e. The van der Waals surface area contributed by atoms with E-state index in [-0.39, 0.29) is 6.15 Å². The molecule has 0 radical (unpaired) electrons. The summed E-state index contributed by atoms with van der Waals surface area (Å²) in [6, 6.07) is 0. The van der Waals surface area contributed by atoms with Crippen molar-refractivity contribution in [3.63, 3.8) is 0 Å². The SMILES string of the molecule is N.S=c1[nH]cco1. The molecular weight excluding hydrogens is 112 g/mol. The molecule has 0 saturated carbocycles. The predicted molar refractivity (Wildman–Crippen MR) is 28.9 cm³/mol. The van der Waals surface area contributed by atoms with Gasteiger partial charge in [-0.25, -0.2) is 0 Å². The van der Waals surface area contributed by atoms with Crippen LogP contribution in [0.1, 0.15) is 0 Å². The van der Waals surface area contributed by atoms with E-state index in [1.165, 1.54) is 6.26 Å². The average Bonchev–Trinajstić information content (AvgIpc) is 1.86. The molecule has 1 heterocycles. The van der Waals surface area contributed by atoms with Gasteiger partial charge in [-0.3, -0.25) is 0 Å². The first-order valence-corrected chi connectivity index (χ1v) is 1.92. The number of H-pyrrole nitrogens is 1. The third-order valence-corrected chi connectivity index (χ3v) is 0.658. The Morgan fingerprint density at radius 2 is 2.43 bits per heavy atom. The van der Waals surface area contributed by atoms with E-state index >= 15 is 0 Å². The molecule has 0 fully saturated rings. The molecule has 0 atom stereocenters. The van der Waals surface area contributed by atoms with Crippen LogP contribution in [0.5, 0.6) is 0 Å². The summed E-state index contributed by atoms with van der Waals surface area (Å²) in [7, 11) is 0. The lowest BCUT2D eigenvalue weighted by Crippen LogP contribution is -1.47. The lowest BCUT2D eigenvalue weighted by atomic mass is 11.0. The number of rotatable bonds is 0. The molecule has 0 aliphatic carbocycles. The van der Waals surface area contributed by atoms with Crippen LogP contribution in [-0.4, -0.2) is 4.98 Å². The van der Waals surface area contributed by atoms with Crippen molar-refractivity contribution in [2.24, 2.45) is 0 Å². The first kappa shape index (κ1) is 6.39. The molecule has 1 aromatic heterocycles. The van der Waals surface area contributed by atoms with E-state index in [0.29, 0.717) is 4.84 Å². The molecule has 0 aromatic carbocycles. The zero-order chi connectivity index (χ0) is 4.41. The van der Waals surface area contributed by atoms with E-state index in [9.17, 15) is 0 Å². The van der Waals surface area contributed by atoms with Gasteiger partial charge in [0.05, 0.1) is 0 Å². The number of aromatic amines is 1. The molecular formula is C3H6N2OS. The first-order chi connectivity index (χ1) is 2.89. The van der Waals surface area contributed by atoms with Crippen molar-refractivity contribution < 1.29 is 4.42 Å². The third-order valence-electron chi connectivity index (χ3n) is 0.444. The van der Waals surface area contributed by atoms with Crippen LogP contribution in [0.3, 0.4) is 0 Å². The molecule has 0 amide bonds. The summed E-state index contributed by atoms with van der Waals surface area (Å²) in [4.78, 5) is 3.07. The van der Waals surface area contributed by atoms with Gasteiger partial charge in [-0.05, 0) is 12.2 Å². The predicted octanol–water partition coefficient (Wildman–Crippen LogP) is 1.50. The second-order valence-electron chi connectivity index (χ2n) is 0.852. The van der Waals surface area contributed by atoms with Crippen molar-refractivity contribution in [3.05, 3.63) is 17.3 Å². The van der Waals surface area contributed by atoms with Gasteiger partial charge in [-0.15, -0.1) is 0 Å². The Kier molecular flexibility index (Phi) is 2.32. The number of aromatic nitrogens is 1. The minimum absolute atomic E-state index is 0. The number of oxazole rings is 1. The molecule has 4 N–H and O–H groups in total. The van der Waals surface area contributed by atoms with Gasteiger partial charge < -0.3 is 15.6 Å². The maximum Gasteiger partial charge on any atom is 0.265 e. The van der Waals surface area contributed by atoms with Crippen molar-refractivity contribution in [2.45, 2.75) is 0 Å². The normalized spacial score (nSPS) is 7.43. The number of nitrogens with one attached hydrogen (secondary N) is 1. The summed E-state index contributed by atoms with van der Waals surface area (Å²) in [5.41, 5.74) is 0. The van der Waals surface area contributed by atoms with Crippen LogP contribution < -0.4 is 6.15 Å². The second kappa shape index (κ2) is 2.54. The lowest BCUT2D eigenvalue weighted by Gasteiger charge is -1.55. The monoisotopic (exact) mass is 118 g/mol. The zero-order valence-electron chi connectivity index (χ0n) is 3.68. The van der Waals surface area contributed by atoms with E-state index in [4.69, 9.17) is 0 Å².